The fraction of sp³-hybridized carbons (Fsp3) is 0.188. The molecule has 0 bridgehead atoms. The molecule has 3 rings (SSSR count). The highest BCUT2D eigenvalue weighted by molar-refractivity contribution is 9.10. The van der Waals surface area contributed by atoms with Gasteiger partial charge in [-0.25, -0.2) is 4.98 Å². The molecule has 1 heterocycles. The number of alkyl halides is 1. The molecular weight excluding hydrogens is 352 g/mol. The molecule has 108 valence electrons. The van der Waals surface area contributed by atoms with Crippen LogP contribution < -0.4 is 4.74 Å². The number of fused-ring (bicyclic) bond motifs is 1. The van der Waals surface area contributed by atoms with Gasteiger partial charge < -0.3 is 4.74 Å². The minimum Gasteiger partial charge on any atom is -0.497 e. The Kier molecular flexibility index (Phi) is 3.91. The Morgan fingerprint density at radius 3 is 2.52 bits per heavy atom. The molecule has 0 fully saturated rings. The summed E-state index contributed by atoms with van der Waals surface area (Å²) in [6, 6.07) is 13.9. The van der Waals surface area contributed by atoms with Gasteiger partial charge in [-0.2, -0.15) is 0 Å². The zero-order chi connectivity index (χ0) is 15.0. The summed E-state index contributed by atoms with van der Waals surface area (Å²) in [7, 11) is 1.66. The van der Waals surface area contributed by atoms with Crippen molar-refractivity contribution in [2.75, 3.05) is 7.11 Å². The van der Waals surface area contributed by atoms with E-state index >= 15 is 0 Å². The van der Waals surface area contributed by atoms with Crippen LogP contribution in [-0.4, -0.2) is 16.7 Å². The predicted octanol–water partition coefficient (Wildman–Crippen LogP) is 5.10. The molecule has 1 unspecified atom stereocenters. The number of rotatable bonds is 3. The molecule has 2 aromatic carbocycles. The average molecular weight is 366 g/mol. The summed E-state index contributed by atoms with van der Waals surface area (Å²) in [6.45, 7) is 1.93. The Morgan fingerprint density at radius 2 is 1.90 bits per heavy atom. The van der Waals surface area contributed by atoms with Gasteiger partial charge in [-0.1, -0.05) is 15.9 Å². The normalized spacial score (nSPS) is 12.6. The molecule has 0 amide bonds. The summed E-state index contributed by atoms with van der Waals surface area (Å²) >= 11 is 9.79. The largest absolute Gasteiger partial charge is 0.497 e. The molecule has 0 N–H and O–H groups in total. The van der Waals surface area contributed by atoms with Crippen LogP contribution in [0.2, 0.25) is 0 Å². The van der Waals surface area contributed by atoms with Crippen LogP contribution in [0.4, 0.5) is 0 Å². The molecule has 1 aromatic heterocycles. The third-order valence-corrected chi connectivity index (χ3v) is 4.02. The SMILES string of the molecule is COc1ccc(-n2c(C(C)Cl)nc3cc(Br)ccc32)cc1. The highest BCUT2D eigenvalue weighted by Crippen LogP contribution is 2.30. The third kappa shape index (κ3) is 2.65. The number of hydrogen-bond acceptors (Lipinski definition) is 2. The van der Waals surface area contributed by atoms with E-state index in [1.54, 1.807) is 7.11 Å². The van der Waals surface area contributed by atoms with E-state index in [4.69, 9.17) is 16.3 Å². The molecule has 5 heteroatoms. The van der Waals surface area contributed by atoms with Gasteiger partial charge in [0.2, 0.25) is 0 Å². The first-order valence-electron chi connectivity index (χ1n) is 6.56. The quantitative estimate of drug-likeness (QED) is 0.604. The van der Waals surface area contributed by atoms with Crippen molar-refractivity contribution in [1.82, 2.24) is 9.55 Å². The highest BCUT2D eigenvalue weighted by Gasteiger charge is 2.16. The van der Waals surface area contributed by atoms with Gasteiger partial charge in [-0.05, 0) is 49.4 Å². The van der Waals surface area contributed by atoms with Gasteiger partial charge in [-0.3, -0.25) is 4.57 Å². The number of aromatic nitrogens is 2. The number of hydrogen-bond donors (Lipinski definition) is 0. The zero-order valence-corrected chi connectivity index (χ0v) is 14.0. The summed E-state index contributed by atoms with van der Waals surface area (Å²) in [5.41, 5.74) is 2.97. The average Bonchev–Trinajstić information content (AvgIpc) is 2.86. The van der Waals surface area contributed by atoms with E-state index in [0.29, 0.717) is 0 Å². The fourth-order valence-corrected chi connectivity index (χ4v) is 2.84. The Bertz CT molecular complexity index is 781. The molecule has 3 nitrogen and oxygen atoms in total. The van der Waals surface area contributed by atoms with Gasteiger partial charge in [-0.15, -0.1) is 11.6 Å². The third-order valence-electron chi connectivity index (χ3n) is 3.33. The van der Waals surface area contributed by atoms with Crippen LogP contribution >= 0.6 is 27.5 Å². The first kappa shape index (κ1) is 14.4. The minimum absolute atomic E-state index is 0.182. The molecular formula is C16H14BrClN2O. The van der Waals surface area contributed by atoms with Crippen molar-refractivity contribution in [1.29, 1.82) is 0 Å². The Hall–Kier alpha value is -1.52. The number of ether oxygens (including phenoxy) is 1. The van der Waals surface area contributed by atoms with Crippen molar-refractivity contribution in [2.45, 2.75) is 12.3 Å². The molecule has 21 heavy (non-hydrogen) atoms. The lowest BCUT2D eigenvalue weighted by Crippen LogP contribution is -2.01. The maximum Gasteiger partial charge on any atom is 0.132 e. The highest BCUT2D eigenvalue weighted by atomic mass is 79.9. The number of methoxy groups -OCH3 is 1. The second-order valence-electron chi connectivity index (χ2n) is 4.75. The lowest BCUT2D eigenvalue weighted by Gasteiger charge is -2.11. The summed E-state index contributed by atoms with van der Waals surface area (Å²) < 4.78 is 8.30. The van der Waals surface area contributed by atoms with E-state index in [9.17, 15) is 0 Å². The number of nitrogens with zero attached hydrogens (tertiary/aromatic N) is 2. The van der Waals surface area contributed by atoms with Crippen LogP contribution in [0.3, 0.4) is 0 Å². The van der Waals surface area contributed by atoms with Crippen molar-refractivity contribution in [3.05, 3.63) is 52.8 Å². The molecule has 0 saturated carbocycles. The van der Waals surface area contributed by atoms with Crippen LogP contribution in [0, 0.1) is 0 Å². The van der Waals surface area contributed by atoms with Crippen molar-refractivity contribution in [2.24, 2.45) is 0 Å². The molecule has 0 aliphatic rings. The van der Waals surface area contributed by atoms with Gasteiger partial charge in [0.25, 0.3) is 0 Å². The molecule has 0 radical (unpaired) electrons. The van der Waals surface area contributed by atoms with Gasteiger partial charge in [0.15, 0.2) is 0 Å². The van der Waals surface area contributed by atoms with Crippen LogP contribution in [0.1, 0.15) is 18.1 Å². The Labute approximate surface area is 136 Å². The summed E-state index contributed by atoms with van der Waals surface area (Å²) in [5.74, 6) is 1.65. The van der Waals surface area contributed by atoms with E-state index < -0.39 is 0 Å². The predicted molar refractivity (Wildman–Crippen MR) is 89.6 cm³/mol. The standard InChI is InChI=1S/C16H14BrClN2O/c1-10(18)16-19-14-9-11(17)3-8-15(14)20(16)12-4-6-13(21-2)7-5-12/h3-10H,1-2H3. The Morgan fingerprint density at radius 1 is 1.19 bits per heavy atom. The van der Waals surface area contributed by atoms with Gasteiger partial charge in [0.1, 0.15) is 11.6 Å². The van der Waals surface area contributed by atoms with Crippen LogP contribution in [0.25, 0.3) is 16.7 Å². The van der Waals surface area contributed by atoms with E-state index in [0.717, 1.165) is 32.8 Å². The van der Waals surface area contributed by atoms with Crippen LogP contribution in [-0.2, 0) is 0 Å². The minimum atomic E-state index is -0.182. The van der Waals surface area contributed by atoms with Crippen LogP contribution in [0.5, 0.6) is 5.75 Å². The number of halogens is 2. The van der Waals surface area contributed by atoms with Gasteiger partial charge in [0.05, 0.1) is 23.5 Å². The summed E-state index contributed by atoms with van der Waals surface area (Å²) in [4.78, 5) is 4.66. The molecule has 0 aliphatic carbocycles. The maximum absolute atomic E-state index is 6.31. The number of imidazole rings is 1. The molecule has 0 spiro atoms. The Balaban J connectivity index is 2.25. The maximum atomic E-state index is 6.31. The second-order valence-corrected chi connectivity index (χ2v) is 6.32. The van der Waals surface area contributed by atoms with E-state index in [2.05, 4.69) is 25.5 Å². The number of benzene rings is 2. The van der Waals surface area contributed by atoms with E-state index in [1.165, 1.54) is 0 Å². The molecule has 3 aromatic rings. The summed E-state index contributed by atoms with van der Waals surface area (Å²) in [5, 5.41) is -0.182. The van der Waals surface area contributed by atoms with Crippen molar-refractivity contribution < 1.29 is 4.74 Å². The monoisotopic (exact) mass is 364 g/mol. The first-order valence-corrected chi connectivity index (χ1v) is 7.79. The smallest absolute Gasteiger partial charge is 0.132 e. The molecule has 1 atom stereocenters. The van der Waals surface area contributed by atoms with Gasteiger partial charge in [0, 0.05) is 10.2 Å². The van der Waals surface area contributed by atoms with Crippen molar-refractivity contribution in [3.8, 4) is 11.4 Å². The van der Waals surface area contributed by atoms with E-state index in [-0.39, 0.29) is 5.38 Å². The summed E-state index contributed by atoms with van der Waals surface area (Å²) in [6.07, 6.45) is 0. The van der Waals surface area contributed by atoms with Crippen molar-refractivity contribution >= 4 is 38.6 Å². The molecule has 0 aliphatic heterocycles. The second kappa shape index (κ2) is 5.70. The molecule has 0 saturated heterocycles. The lowest BCUT2D eigenvalue weighted by atomic mass is 10.2. The van der Waals surface area contributed by atoms with Crippen LogP contribution in [0.15, 0.2) is 46.9 Å². The van der Waals surface area contributed by atoms with E-state index in [1.807, 2.05) is 49.4 Å². The zero-order valence-electron chi connectivity index (χ0n) is 11.7. The lowest BCUT2D eigenvalue weighted by molar-refractivity contribution is 0.414. The topological polar surface area (TPSA) is 27.1 Å². The fourth-order valence-electron chi connectivity index (χ4n) is 2.34. The first-order chi connectivity index (χ1) is 10.1. The van der Waals surface area contributed by atoms with Gasteiger partial charge >= 0.3 is 0 Å². The van der Waals surface area contributed by atoms with Crippen molar-refractivity contribution in [3.63, 3.8) is 0 Å².